The molecule has 0 saturated heterocycles. The molecule has 0 spiro atoms. The number of hydrogen-bond donors (Lipinski definition) is 1. The predicted octanol–water partition coefficient (Wildman–Crippen LogP) is 4.92. The highest BCUT2D eigenvalue weighted by Gasteiger charge is 2.20. The molecular formula is C21H27NO2. The smallest absolute Gasteiger partial charge is 0.265 e. The number of amides is 1. The zero-order valence-electron chi connectivity index (χ0n) is 15.1. The third kappa shape index (κ3) is 4.38. The second-order valence-electron chi connectivity index (χ2n) is 5.96. The Kier molecular flexibility index (Phi) is 6.42. The Morgan fingerprint density at radius 1 is 1.04 bits per heavy atom. The molecule has 2 aromatic rings. The summed E-state index contributed by atoms with van der Waals surface area (Å²) in [4.78, 5) is 12.7. The van der Waals surface area contributed by atoms with E-state index in [4.69, 9.17) is 4.74 Å². The van der Waals surface area contributed by atoms with Gasteiger partial charge in [0.05, 0.1) is 0 Å². The molecule has 0 radical (unpaired) electrons. The molecule has 1 amide bonds. The topological polar surface area (TPSA) is 38.3 Å². The van der Waals surface area contributed by atoms with E-state index in [-0.39, 0.29) is 5.91 Å². The molecule has 0 aliphatic heterocycles. The maximum absolute atomic E-state index is 12.7. The Morgan fingerprint density at radius 3 is 2.33 bits per heavy atom. The van der Waals surface area contributed by atoms with Crippen LogP contribution in [-0.4, -0.2) is 12.0 Å². The van der Waals surface area contributed by atoms with Gasteiger partial charge in [0, 0.05) is 5.69 Å². The van der Waals surface area contributed by atoms with Crippen molar-refractivity contribution in [1.29, 1.82) is 0 Å². The summed E-state index contributed by atoms with van der Waals surface area (Å²) in [7, 11) is 0. The van der Waals surface area contributed by atoms with Crippen LogP contribution in [0.3, 0.4) is 0 Å². The summed E-state index contributed by atoms with van der Waals surface area (Å²) in [6, 6.07) is 14.0. The number of carbonyl (C=O) groups is 1. The van der Waals surface area contributed by atoms with E-state index in [0.29, 0.717) is 6.42 Å². The van der Waals surface area contributed by atoms with Gasteiger partial charge in [-0.3, -0.25) is 4.79 Å². The third-order valence-corrected chi connectivity index (χ3v) is 4.26. The molecule has 2 rings (SSSR count). The number of hydrogen-bond acceptors (Lipinski definition) is 2. The average molecular weight is 325 g/mol. The molecule has 0 heterocycles. The average Bonchev–Trinajstić information content (AvgIpc) is 2.61. The summed E-state index contributed by atoms with van der Waals surface area (Å²) in [6.45, 7) is 8.18. The van der Waals surface area contributed by atoms with E-state index in [0.717, 1.165) is 35.4 Å². The summed E-state index contributed by atoms with van der Waals surface area (Å²) in [5.74, 6) is 0.635. The first-order chi connectivity index (χ1) is 11.6. The zero-order chi connectivity index (χ0) is 17.5. The van der Waals surface area contributed by atoms with Crippen LogP contribution in [0.4, 0.5) is 5.69 Å². The van der Waals surface area contributed by atoms with Gasteiger partial charge in [-0.2, -0.15) is 0 Å². The molecule has 1 N–H and O–H groups in total. The van der Waals surface area contributed by atoms with Crippen molar-refractivity contribution in [3.8, 4) is 5.75 Å². The van der Waals surface area contributed by atoms with E-state index in [1.54, 1.807) is 0 Å². The van der Waals surface area contributed by atoms with Gasteiger partial charge in [-0.1, -0.05) is 51.1 Å². The van der Waals surface area contributed by atoms with Crippen LogP contribution in [0.1, 0.15) is 43.9 Å². The fourth-order valence-electron chi connectivity index (χ4n) is 2.70. The lowest BCUT2D eigenvalue weighted by Gasteiger charge is -2.19. The summed E-state index contributed by atoms with van der Waals surface area (Å²) in [5, 5.41) is 3.06. The van der Waals surface area contributed by atoms with Crippen LogP contribution >= 0.6 is 0 Å². The summed E-state index contributed by atoms with van der Waals surface area (Å²) in [5.41, 5.74) is 4.39. The molecule has 0 aliphatic rings. The van der Waals surface area contributed by atoms with E-state index in [2.05, 4.69) is 19.2 Å². The van der Waals surface area contributed by atoms with Gasteiger partial charge in [-0.15, -0.1) is 0 Å². The van der Waals surface area contributed by atoms with Crippen LogP contribution in [-0.2, 0) is 17.6 Å². The maximum atomic E-state index is 12.7. The first kappa shape index (κ1) is 18.1. The number of rotatable bonds is 7. The van der Waals surface area contributed by atoms with E-state index in [9.17, 15) is 4.79 Å². The predicted molar refractivity (Wildman–Crippen MR) is 99.7 cm³/mol. The third-order valence-electron chi connectivity index (χ3n) is 4.26. The van der Waals surface area contributed by atoms with Gasteiger partial charge < -0.3 is 10.1 Å². The lowest BCUT2D eigenvalue weighted by Crippen LogP contribution is -2.33. The molecule has 1 unspecified atom stereocenters. The Morgan fingerprint density at radius 2 is 1.75 bits per heavy atom. The largest absolute Gasteiger partial charge is 0.481 e. The number of aryl methyl sites for hydroxylation is 3. The lowest BCUT2D eigenvalue weighted by atomic mass is 10.1. The number of para-hydroxylation sites is 1. The van der Waals surface area contributed by atoms with E-state index >= 15 is 0 Å². The van der Waals surface area contributed by atoms with Gasteiger partial charge in [0.15, 0.2) is 6.10 Å². The quantitative estimate of drug-likeness (QED) is 0.785. The second kappa shape index (κ2) is 8.53. The van der Waals surface area contributed by atoms with Crippen LogP contribution in [0.25, 0.3) is 0 Å². The lowest BCUT2D eigenvalue weighted by molar-refractivity contribution is -0.122. The summed E-state index contributed by atoms with van der Waals surface area (Å²) in [6.07, 6.45) is 1.99. The van der Waals surface area contributed by atoms with Crippen molar-refractivity contribution in [2.24, 2.45) is 0 Å². The van der Waals surface area contributed by atoms with E-state index < -0.39 is 6.10 Å². The molecule has 3 nitrogen and oxygen atoms in total. The number of benzene rings is 2. The molecule has 0 saturated carbocycles. The summed E-state index contributed by atoms with van der Waals surface area (Å²) < 4.78 is 5.90. The Labute approximate surface area is 145 Å². The minimum Gasteiger partial charge on any atom is -0.481 e. The molecule has 3 heteroatoms. The summed E-state index contributed by atoms with van der Waals surface area (Å²) >= 11 is 0. The van der Waals surface area contributed by atoms with Crippen molar-refractivity contribution >= 4 is 11.6 Å². The molecule has 1 atom stereocenters. The highest BCUT2D eigenvalue weighted by molar-refractivity contribution is 5.95. The number of anilines is 1. The number of carbonyl (C=O) groups excluding carboxylic acids is 1. The highest BCUT2D eigenvalue weighted by atomic mass is 16.5. The minimum atomic E-state index is -0.498. The maximum Gasteiger partial charge on any atom is 0.265 e. The van der Waals surface area contributed by atoms with Gasteiger partial charge in [-0.05, 0) is 55.0 Å². The van der Waals surface area contributed by atoms with Crippen LogP contribution < -0.4 is 10.1 Å². The fourth-order valence-corrected chi connectivity index (χ4v) is 2.70. The molecule has 2 aromatic carbocycles. The Bertz CT molecular complexity index is 677. The number of ether oxygens (including phenoxy) is 1. The first-order valence-corrected chi connectivity index (χ1v) is 8.73. The Balaban J connectivity index is 2.11. The van der Waals surface area contributed by atoms with Crippen molar-refractivity contribution < 1.29 is 9.53 Å². The van der Waals surface area contributed by atoms with Crippen molar-refractivity contribution in [2.75, 3.05) is 5.32 Å². The van der Waals surface area contributed by atoms with Crippen LogP contribution in [0, 0.1) is 6.92 Å². The second-order valence-corrected chi connectivity index (χ2v) is 5.96. The molecule has 0 bridgehead atoms. The van der Waals surface area contributed by atoms with E-state index in [1.807, 2.05) is 56.3 Å². The molecule has 0 aliphatic carbocycles. The molecule has 128 valence electrons. The van der Waals surface area contributed by atoms with Gasteiger partial charge in [0.1, 0.15) is 5.75 Å². The van der Waals surface area contributed by atoms with Crippen LogP contribution in [0.5, 0.6) is 5.75 Å². The zero-order valence-corrected chi connectivity index (χ0v) is 15.1. The van der Waals surface area contributed by atoms with Gasteiger partial charge in [-0.25, -0.2) is 0 Å². The minimum absolute atomic E-state index is 0.0962. The van der Waals surface area contributed by atoms with Crippen molar-refractivity contribution in [3.63, 3.8) is 0 Å². The molecule has 0 aromatic heterocycles. The standard InChI is InChI=1S/C21H27NO2/c1-5-16-11-13-18(14-12-16)24-19(7-3)21(23)22-20-15(4)9-8-10-17(20)6-2/h8-14,19H,5-7H2,1-4H3,(H,22,23). The van der Waals surface area contributed by atoms with Gasteiger partial charge in [0.2, 0.25) is 0 Å². The SMILES string of the molecule is CCc1ccc(OC(CC)C(=O)Nc2c(C)cccc2CC)cc1. The van der Waals surface area contributed by atoms with Gasteiger partial charge >= 0.3 is 0 Å². The van der Waals surface area contributed by atoms with Crippen LogP contribution in [0.15, 0.2) is 42.5 Å². The normalized spacial score (nSPS) is 11.8. The highest BCUT2D eigenvalue weighted by Crippen LogP contribution is 2.22. The number of nitrogens with one attached hydrogen (secondary N) is 1. The Hall–Kier alpha value is -2.29. The fraction of sp³-hybridized carbons (Fsp3) is 0.381. The van der Waals surface area contributed by atoms with Crippen molar-refractivity contribution in [3.05, 3.63) is 59.2 Å². The molecular weight excluding hydrogens is 298 g/mol. The molecule has 24 heavy (non-hydrogen) atoms. The van der Waals surface area contributed by atoms with Crippen LogP contribution in [0.2, 0.25) is 0 Å². The van der Waals surface area contributed by atoms with Crippen molar-refractivity contribution in [2.45, 2.75) is 53.1 Å². The van der Waals surface area contributed by atoms with Crippen molar-refractivity contribution in [1.82, 2.24) is 0 Å². The molecule has 0 fully saturated rings. The van der Waals surface area contributed by atoms with E-state index in [1.165, 1.54) is 5.56 Å². The first-order valence-electron chi connectivity index (χ1n) is 8.73. The monoisotopic (exact) mass is 325 g/mol. The van der Waals surface area contributed by atoms with Gasteiger partial charge in [0.25, 0.3) is 5.91 Å².